The largest absolute Gasteiger partial charge is 0.377 e. The van der Waals surface area contributed by atoms with Gasteiger partial charge in [-0.2, -0.15) is 11.8 Å². The van der Waals surface area contributed by atoms with Gasteiger partial charge in [0.05, 0.1) is 6.61 Å². The molecule has 2 rings (SSSR count). The lowest BCUT2D eigenvalue weighted by Gasteiger charge is -2.36. The predicted octanol–water partition coefficient (Wildman–Crippen LogP) is 3.63. The van der Waals surface area contributed by atoms with E-state index in [1.807, 2.05) is 13.1 Å². The molecule has 25 heavy (non-hydrogen) atoms. The number of guanidine groups is 1. The summed E-state index contributed by atoms with van der Waals surface area (Å²) >= 11 is 2.10. The maximum absolute atomic E-state index is 5.74. The Balaban J connectivity index is 1.58. The molecule has 1 unspecified atom stereocenters. The summed E-state index contributed by atoms with van der Waals surface area (Å²) in [6.45, 7) is 9.29. The van der Waals surface area contributed by atoms with Gasteiger partial charge in [0.15, 0.2) is 5.96 Å². The van der Waals surface area contributed by atoms with Crippen LogP contribution < -0.4 is 5.32 Å². The second-order valence-corrected chi connectivity index (χ2v) is 8.17. The highest BCUT2D eigenvalue weighted by molar-refractivity contribution is 8.00. The van der Waals surface area contributed by atoms with Crippen LogP contribution in [-0.2, 0) is 11.3 Å². The number of aliphatic imine (C=N–C) groups is 1. The third-order valence-corrected chi connectivity index (χ3v) is 6.00. The fraction of sp³-hybridized carbons (Fsp3) is 0.650. The highest BCUT2D eigenvalue weighted by Gasteiger charge is 2.24. The zero-order valence-corrected chi connectivity index (χ0v) is 16.7. The molecule has 0 spiro atoms. The van der Waals surface area contributed by atoms with E-state index in [4.69, 9.17) is 4.74 Å². The predicted molar refractivity (Wildman–Crippen MR) is 109 cm³/mol. The zero-order valence-electron chi connectivity index (χ0n) is 15.9. The molecule has 0 saturated carbocycles. The molecule has 1 aliphatic rings. The lowest BCUT2D eigenvalue weighted by atomic mass is 10.1. The Hall–Kier alpha value is -1.20. The first-order valence-corrected chi connectivity index (χ1v) is 10.4. The van der Waals surface area contributed by atoms with E-state index >= 15 is 0 Å². The van der Waals surface area contributed by atoms with Gasteiger partial charge in [0.2, 0.25) is 0 Å². The molecule has 0 radical (unpaired) electrons. The van der Waals surface area contributed by atoms with Crippen LogP contribution in [0.25, 0.3) is 0 Å². The summed E-state index contributed by atoms with van der Waals surface area (Å²) in [5.74, 6) is 2.96. The quantitative estimate of drug-likeness (QED) is 0.435. The molecule has 1 aliphatic heterocycles. The van der Waals surface area contributed by atoms with E-state index < -0.39 is 0 Å². The number of nitrogens with one attached hydrogen (secondary N) is 1. The van der Waals surface area contributed by atoms with Crippen LogP contribution in [0, 0.1) is 5.92 Å². The van der Waals surface area contributed by atoms with Gasteiger partial charge in [-0.25, -0.2) is 0 Å². The third kappa shape index (κ3) is 7.28. The fourth-order valence-electron chi connectivity index (χ4n) is 2.90. The summed E-state index contributed by atoms with van der Waals surface area (Å²) in [4.78, 5) is 6.88. The van der Waals surface area contributed by atoms with Crippen LogP contribution in [0.5, 0.6) is 0 Å². The van der Waals surface area contributed by atoms with Crippen molar-refractivity contribution < 1.29 is 4.74 Å². The van der Waals surface area contributed by atoms with Gasteiger partial charge in [-0.15, -0.1) is 0 Å². The smallest absolute Gasteiger partial charge is 0.193 e. The van der Waals surface area contributed by atoms with Crippen LogP contribution >= 0.6 is 11.8 Å². The highest BCUT2D eigenvalue weighted by Crippen LogP contribution is 2.24. The Morgan fingerprint density at radius 3 is 2.84 bits per heavy atom. The fourth-order valence-corrected chi connectivity index (χ4v) is 4.20. The number of ether oxygens (including phenoxy) is 1. The Labute approximate surface area is 157 Å². The second-order valence-electron chi connectivity index (χ2n) is 6.82. The molecule has 1 fully saturated rings. The Morgan fingerprint density at radius 1 is 1.32 bits per heavy atom. The molecule has 1 atom stereocenters. The Bertz CT molecular complexity index is 507. The van der Waals surface area contributed by atoms with Crippen molar-refractivity contribution in [2.75, 3.05) is 39.0 Å². The normalized spacial score (nSPS) is 18.6. The van der Waals surface area contributed by atoms with Crippen LogP contribution in [-0.4, -0.2) is 55.2 Å². The third-order valence-electron chi connectivity index (χ3n) is 4.46. The Morgan fingerprint density at radius 2 is 2.12 bits per heavy atom. The number of rotatable bonds is 8. The van der Waals surface area contributed by atoms with Gasteiger partial charge >= 0.3 is 0 Å². The van der Waals surface area contributed by atoms with E-state index in [0.717, 1.165) is 45.0 Å². The van der Waals surface area contributed by atoms with Crippen molar-refractivity contribution >= 4 is 17.7 Å². The van der Waals surface area contributed by atoms with Crippen molar-refractivity contribution in [1.29, 1.82) is 0 Å². The van der Waals surface area contributed by atoms with Crippen LogP contribution in [0.4, 0.5) is 0 Å². The van der Waals surface area contributed by atoms with Gasteiger partial charge in [-0.1, -0.05) is 44.2 Å². The molecule has 1 heterocycles. The average Bonchev–Trinajstić information content (AvgIpc) is 2.65. The van der Waals surface area contributed by atoms with Gasteiger partial charge in [0.25, 0.3) is 0 Å². The van der Waals surface area contributed by atoms with E-state index in [0.29, 0.717) is 17.8 Å². The summed E-state index contributed by atoms with van der Waals surface area (Å²) in [6, 6.07) is 10.3. The van der Waals surface area contributed by atoms with Crippen LogP contribution in [0.15, 0.2) is 35.3 Å². The average molecular weight is 364 g/mol. The van der Waals surface area contributed by atoms with Crippen LogP contribution in [0.2, 0.25) is 0 Å². The SMILES string of the molecule is CN=C(NCCCCOCc1ccccc1)N1CCSC(C(C)C)C1. The summed E-state index contributed by atoms with van der Waals surface area (Å²) < 4.78 is 5.74. The number of hydrogen-bond acceptors (Lipinski definition) is 3. The summed E-state index contributed by atoms with van der Waals surface area (Å²) in [5.41, 5.74) is 1.24. The maximum atomic E-state index is 5.74. The highest BCUT2D eigenvalue weighted by atomic mass is 32.2. The van der Waals surface area contributed by atoms with Crippen LogP contribution in [0.1, 0.15) is 32.3 Å². The number of nitrogens with zero attached hydrogens (tertiary/aromatic N) is 2. The van der Waals surface area contributed by atoms with Gasteiger partial charge < -0.3 is 15.0 Å². The standard InChI is InChI=1S/C20H33N3OS/c1-17(2)19-15-23(12-14-25-19)20(21-3)22-11-7-8-13-24-16-18-9-5-4-6-10-18/h4-6,9-10,17,19H,7-8,11-16H2,1-3H3,(H,21,22). The maximum Gasteiger partial charge on any atom is 0.193 e. The summed E-state index contributed by atoms with van der Waals surface area (Å²) in [6.07, 6.45) is 2.17. The molecule has 4 nitrogen and oxygen atoms in total. The number of unbranched alkanes of at least 4 members (excludes halogenated alkanes) is 1. The minimum absolute atomic E-state index is 0.706. The topological polar surface area (TPSA) is 36.9 Å². The van der Waals surface area contributed by atoms with Crippen molar-refractivity contribution in [3.8, 4) is 0 Å². The van der Waals surface area contributed by atoms with E-state index in [1.165, 1.54) is 11.3 Å². The zero-order chi connectivity index (χ0) is 17.9. The molecular weight excluding hydrogens is 330 g/mol. The molecule has 140 valence electrons. The van der Waals surface area contributed by atoms with Crippen molar-refractivity contribution in [3.63, 3.8) is 0 Å². The molecule has 1 aromatic rings. The van der Waals surface area contributed by atoms with E-state index in [-0.39, 0.29) is 0 Å². The molecule has 1 aromatic carbocycles. The molecule has 1 N–H and O–H groups in total. The van der Waals surface area contributed by atoms with Gasteiger partial charge in [-0.3, -0.25) is 4.99 Å². The molecule has 0 bridgehead atoms. The molecule has 0 amide bonds. The summed E-state index contributed by atoms with van der Waals surface area (Å²) in [5, 5.41) is 4.23. The molecule has 0 aliphatic carbocycles. The molecule has 5 heteroatoms. The molecule has 1 saturated heterocycles. The van der Waals surface area contributed by atoms with Gasteiger partial charge in [-0.05, 0) is 24.3 Å². The first kappa shape index (κ1) is 20.1. The monoisotopic (exact) mass is 363 g/mol. The lowest BCUT2D eigenvalue weighted by molar-refractivity contribution is 0.117. The molecular formula is C20H33N3OS. The number of benzene rings is 1. The molecule has 0 aromatic heterocycles. The minimum atomic E-state index is 0.706. The van der Waals surface area contributed by atoms with E-state index in [2.05, 4.69) is 65.1 Å². The van der Waals surface area contributed by atoms with E-state index in [1.54, 1.807) is 0 Å². The van der Waals surface area contributed by atoms with Crippen molar-refractivity contribution in [1.82, 2.24) is 10.2 Å². The summed E-state index contributed by atoms with van der Waals surface area (Å²) in [7, 11) is 1.89. The minimum Gasteiger partial charge on any atom is -0.377 e. The van der Waals surface area contributed by atoms with Crippen molar-refractivity contribution in [2.24, 2.45) is 10.9 Å². The lowest BCUT2D eigenvalue weighted by Crippen LogP contribution is -2.49. The number of hydrogen-bond donors (Lipinski definition) is 1. The second kappa shape index (κ2) is 11.4. The van der Waals surface area contributed by atoms with Gasteiger partial charge in [0.1, 0.15) is 0 Å². The van der Waals surface area contributed by atoms with Crippen molar-refractivity contribution in [2.45, 2.75) is 38.5 Å². The van der Waals surface area contributed by atoms with E-state index in [9.17, 15) is 0 Å². The first-order valence-electron chi connectivity index (χ1n) is 9.39. The first-order chi connectivity index (χ1) is 12.2. The van der Waals surface area contributed by atoms with Gasteiger partial charge in [0, 0.05) is 44.3 Å². The number of thioether (sulfide) groups is 1. The van der Waals surface area contributed by atoms with Crippen LogP contribution in [0.3, 0.4) is 0 Å². The Kier molecular flexibility index (Phi) is 9.19. The van der Waals surface area contributed by atoms with Crippen molar-refractivity contribution in [3.05, 3.63) is 35.9 Å².